The van der Waals surface area contributed by atoms with Crippen molar-refractivity contribution in [1.29, 1.82) is 0 Å². The van der Waals surface area contributed by atoms with E-state index in [-0.39, 0.29) is 17.6 Å². The van der Waals surface area contributed by atoms with Gasteiger partial charge in [-0.2, -0.15) is 0 Å². The Hall–Kier alpha value is -1.56. The van der Waals surface area contributed by atoms with Crippen LogP contribution >= 0.6 is 0 Å². The average Bonchev–Trinajstić information content (AvgIpc) is 2.93. The first-order valence-electron chi connectivity index (χ1n) is 7.73. The number of carbonyl (C=O) groups excluding carboxylic acids is 1. The monoisotopic (exact) mass is 324 g/mol. The molecular formula is C16H24N2O3S. The molecular weight excluding hydrogens is 300 g/mol. The van der Waals surface area contributed by atoms with E-state index in [9.17, 15) is 13.2 Å². The fourth-order valence-corrected chi connectivity index (χ4v) is 4.06. The zero-order chi connectivity index (χ0) is 16.2. The van der Waals surface area contributed by atoms with E-state index < -0.39 is 10.0 Å². The highest BCUT2D eigenvalue weighted by Gasteiger charge is 2.18. The molecule has 0 atom stereocenters. The van der Waals surface area contributed by atoms with Crippen molar-refractivity contribution in [3.63, 3.8) is 0 Å². The number of benzene rings is 1. The molecule has 1 aliphatic heterocycles. The number of sulfonamides is 1. The van der Waals surface area contributed by atoms with Gasteiger partial charge in [-0.25, -0.2) is 8.42 Å². The third-order valence-electron chi connectivity index (χ3n) is 3.59. The van der Waals surface area contributed by atoms with Crippen LogP contribution in [-0.4, -0.2) is 38.1 Å². The maximum absolute atomic E-state index is 12.1. The van der Waals surface area contributed by atoms with Crippen LogP contribution in [0.3, 0.4) is 0 Å². The molecule has 6 heteroatoms. The third-order valence-corrected chi connectivity index (χ3v) is 5.25. The number of nitrogens with zero attached hydrogens (tertiary/aromatic N) is 1. The second-order valence-corrected chi connectivity index (χ2v) is 8.01. The SMILES string of the molecule is CC(C)CS(=O)(=O)Nc1ccc(CC(=O)N2CCCC2)cc1. The summed E-state index contributed by atoms with van der Waals surface area (Å²) in [6, 6.07) is 7.04. The molecule has 0 unspecified atom stereocenters. The Morgan fingerprint density at radius 2 is 1.77 bits per heavy atom. The average molecular weight is 324 g/mol. The lowest BCUT2D eigenvalue weighted by Crippen LogP contribution is -2.29. The molecule has 1 N–H and O–H groups in total. The minimum absolute atomic E-state index is 0.0786. The van der Waals surface area contributed by atoms with Gasteiger partial charge < -0.3 is 4.90 Å². The molecule has 1 fully saturated rings. The summed E-state index contributed by atoms with van der Waals surface area (Å²) in [5.74, 6) is 0.322. The van der Waals surface area contributed by atoms with E-state index >= 15 is 0 Å². The maximum Gasteiger partial charge on any atom is 0.232 e. The Bertz CT molecular complexity index is 603. The standard InChI is InChI=1S/C16H24N2O3S/c1-13(2)12-22(20,21)17-15-7-5-14(6-8-15)11-16(19)18-9-3-4-10-18/h5-8,13,17H,3-4,9-12H2,1-2H3. The third kappa shape index (κ3) is 5.02. The van der Waals surface area contributed by atoms with Crippen LogP contribution in [0, 0.1) is 5.92 Å². The fraction of sp³-hybridized carbons (Fsp3) is 0.562. The number of rotatable bonds is 6. The van der Waals surface area contributed by atoms with Crippen LogP contribution in [0.4, 0.5) is 5.69 Å². The summed E-state index contributed by atoms with van der Waals surface area (Å²) in [6.07, 6.45) is 2.55. The van der Waals surface area contributed by atoms with Crippen molar-refractivity contribution in [2.75, 3.05) is 23.6 Å². The van der Waals surface area contributed by atoms with Gasteiger partial charge in [0, 0.05) is 18.8 Å². The molecule has 5 nitrogen and oxygen atoms in total. The van der Waals surface area contributed by atoms with Crippen LogP contribution in [0.25, 0.3) is 0 Å². The van der Waals surface area contributed by atoms with E-state index in [4.69, 9.17) is 0 Å². The first kappa shape index (κ1) is 16.8. The molecule has 0 radical (unpaired) electrons. The summed E-state index contributed by atoms with van der Waals surface area (Å²) in [7, 11) is -3.31. The molecule has 122 valence electrons. The minimum Gasteiger partial charge on any atom is -0.342 e. The van der Waals surface area contributed by atoms with Gasteiger partial charge in [-0.05, 0) is 36.5 Å². The van der Waals surface area contributed by atoms with Crippen molar-refractivity contribution < 1.29 is 13.2 Å². The molecule has 1 aromatic carbocycles. The van der Waals surface area contributed by atoms with Gasteiger partial charge in [0.05, 0.1) is 12.2 Å². The Kier molecular flexibility index (Phi) is 5.45. The fourth-order valence-electron chi connectivity index (χ4n) is 2.60. The molecule has 0 aromatic heterocycles. The zero-order valence-electron chi connectivity index (χ0n) is 13.2. The lowest BCUT2D eigenvalue weighted by Gasteiger charge is -2.15. The summed E-state index contributed by atoms with van der Waals surface area (Å²) in [4.78, 5) is 14.0. The highest BCUT2D eigenvalue weighted by Crippen LogP contribution is 2.15. The summed E-state index contributed by atoms with van der Waals surface area (Å²) in [6.45, 7) is 5.44. The van der Waals surface area contributed by atoms with Gasteiger partial charge in [0.1, 0.15) is 0 Å². The van der Waals surface area contributed by atoms with Gasteiger partial charge in [0.2, 0.25) is 15.9 Å². The van der Waals surface area contributed by atoms with E-state index in [2.05, 4.69) is 4.72 Å². The van der Waals surface area contributed by atoms with Crippen molar-refractivity contribution in [3.05, 3.63) is 29.8 Å². The first-order chi connectivity index (χ1) is 10.4. The second-order valence-electron chi connectivity index (χ2n) is 6.24. The number of anilines is 1. The predicted octanol–water partition coefficient (Wildman–Crippen LogP) is 2.25. The Morgan fingerprint density at radius 3 is 2.32 bits per heavy atom. The van der Waals surface area contributed by atoms with Crippen LogP contribution in [0.5, 0.6) is 0 Å². The molecule has 1 amide bonds. The van der Waals surface area contributed by atoms with Gasteiger partial charge in [0.15, 0.2) is 0 Å². The molecule has 2 rings (SSSR count). The summed E-state index contributed by atoms with van der Waals surface area (Å²) >= 11 is 0. The first-order valence-corrected chi connectivity index (χ1v) is 9.38. The van der Waals surface area contributed by atoms with Gasteiger partial charge in [0.25, 0.3) is 0 Å². The van der Waals surface area contributed by atoms with E-state index in [0.29, 0.717) is 12.1 Å². The highest BCUT2D eigenvalue weighted by atomic mass is 32.2. The van der Waals surface area contributed by atoms with Crippen molar-refractivity contribution in [1.82, 2.24) is 4.90 Å². The van der Waals surface area contributed by atoms with Crippen molar-refractivity contribution in [2.24, 2.45) is 5.92 Å². The second kappa shape index (κ2) is 7.13. The molecule has 0 saturated carbocycles. The molecule has 1 saturated heterocycles. The van der Waals surface area contributed by atoms with E-state index in [1.54, 1.807) is 24.3 Å². The molecule has 1 heterocycles. The van der Waals surface area contributed by atoms with Gasteiger partial charge >= 0.3 is 0 Å². The molecule has 22 heavy (non-hydrogen) atoms. The zero-order valence-corrected chi connectivity index (χ0v) is 14.0. The number of likely N-dealkylation sites (tertiary alicyclic amines) is 1. The topological polar surface area (TPSA) is 66.5 Å². The molecule has 1 aromatic rings. The van der Waals surface area contributed by atoms with Crippen LogP contribution < -0.4 is 4.72 Å². The predicted molar refractivity (Wildman–Crippen MR) is 88.2 cm³/mol. The Labute approximate surface area is 132 Å². The highest BCUT2D eigenvalue weighted by molar-refractivity contribution is 7.92. The van der Waals surface area contributed by atoms with E-state index in [1.807, 2.05) is 18.7 Å². The molecule has 0 bridgehead atoms. The van der Waals surface area contributed by atoms with Crippen molar-refractivity contribution >= 4 is 21.6 Å². The van der Waals surface area contributed by atoms with Crippen molar-refractivity contribution in [3.8, 4) is 0 Å². The summed E-state index contributed by atoms with van der Waals surface area (Å²) in [5, 5.41) is 0. The number of nitrogens with one attached hydrogen (secondary N) is 1. The number of hydrogen-bond acceptors (Lipinski definition) is 3. The maximum atomic E-state index is 12.1. The number of amides is 1. The van der Waals surface area contributed by atoms with Crippen LogP contribution in [0.15, 0.2) is 24.3 Å². The molecule has 1 aliphatic rings. The van der Waals surface area contributed by atoms with E-state index in [0.717, 1.165) is 31.5 Å². The Morgan fingerprint density at radius 1 is 1.18 bits per heavy atom. The minimum atomic E-state index is -3.31. The van der Waals surface area contributed by atoms with Crippen LogP contribution in [-0.2, 0) is 21.2 Å². The molecule has 0 aliphatic carbocycles. The van der Waals surface area contributed by atoms with Crippen molar-refractivity contribution in [2.45, 2.75) is 33.1 Å². The van der Waals surface area contributed by atoms with Gasteiger partial charge in [-0.15, -0.1) is 0 Å². The normalized spacial score (nSPS) is 15.3. The van der Waals surface area contributed by atoms with Crippen LogP contribution in [0.1, 0.15) is 32.3 Å². The Balaban J connectivity index is 1.94. The summed E-state index contributed by atoms with van der Waals surface area (Å²) in [5.41, 5.74) is 1.45. The van der Waals surface area contributed by atoms with Gasteiger partial charge in [-0.1, -0.05) is 26.0 Å². The smallest absolute Gasteiger partial charge is 0.232 e. The lowest BCUT2D eigenvalue weighted by molar-refractivity contribution is -0.129. The summed E-state index contributed by atoms with van der Waals surface area (Å²) < 4.78 is 26.3. The quantitative estimate of drug-likeness (QED) is 0.873. The lowest BCUT2D eigenvalue weighted by atomic mass is 10.1. The number of hydrogen-bond donors (Lipinski definition) is 1. The van der Waals surface area contributed by atoms with E-state index in [1.165, 1.54) is 0 Å². The largest absolute Gasteiger partial charge is 0.342 e. The van der Waals surface area contributed by atoms with Gasteiger partial charge in [-0.3, -0.25) is 9.52 Å². The molecule has 0 spiro atoms. The number of carbonyl (C=O) groups is 1. The van der Waals surface area contributed by atoms with Crippen LogP contribution in [0.2, 0.25) is 0 Å².